The number of hydrogen-bond acceptors (Lipinski definition) is 5. The van der Waals surface area contributed by atoms with E-state index in [1.165, 1.54) is 6.20 Å². The highest BCUT2D eigenvalue weighted by molar-refractivity contribution is 5.95. The number of aromatic nitrogens is 2. The van der Waals surface area contributed by atoms with Crippen LogP contribution in [0.15, 0.2) is 30.5 Å². The molecule has 0 saturated carbocycles. The van der Waals surface area contributed by atoms with Crippen LogP contribution >= 0.6 is 0 Å². The normalized spacial score (nSPS) is 19.2. The first-order valence-electron chi connectivity index (χ1n) is 8.88. The summed E-state index contributed by atoms with van der Waals surface area (Å²) in [6, 6.07) is 7.75. The summed E-state index contributed by atoms with van der Waals surface area (Å²) < 4.78 is 0. The molecule has 1 N–H and O–H groups in total. The minimum Gasteiger partial charge on any atom is -0.481 e. The molecule has 0 unspecified atom stereocenters. The van der Waals surface area contributed by atoms with Crippen LogP contribution in [0.5, 0.6) is 0 Å². The number of anilines is 1. The Morgan fingerprint density at radius 1 is 1.19 bits per heavy atom. The van der Waals surface area contributed by atoms with Crippen molar-refractivity contribution in [1.82, 2.24) is 14.9 Å². The van der Waals surface area contributed by atoms with Gasteiger partial charge in [-0.15, -0.1) is 0 Å². The predicted octanol–water partition coefficient (Wildman–Crippen LogP) is 2.10. The molecule has 1 aliphatic heterocycles. The molecule has 142 valence electrons. The van der Waals surface area contributed by atoms with Crippen LogP contribution in [0.4, 0.5) is 5.95 Å². The van der Waals surface area contributed by atoms with Crippen molar-refractivity contribution in [2.45, 2.75) is 19.8 Å². The number of aliphatic carboxylic acids is 1. The molecule has 0 aliphatic carbocycles. The van der Waals surface area contributed by atoms with E-state index >= 15 is 0 Å². The van der Waals surface area contributed by atoms with Gasteiger partial charge in [-0.05, 0) is 25.0 Å². The van der Waals surface area contributed by atoms with Gasteiger partial charge in [0.1, 0.15) is 0 Å². The van der Waals surface area contributed by atoms with E-state index in [4.69, 9.17) is 0 Å². The van der Waals surface area contributed by atoms with Gasteiger partial charge in [-0.3, -0.25) is 9.59 Å². The zero-order valence-electron chi connectivity index (χ0n) is 16.0. The Morgan fingerprint density at radius 2 is 1.89 bits per heavy atom. The van der Waals surface area contributed by atoms with Gasteiger partial charge in [-0.2, -0.15) is 0 Å². The Kier molecular flexibility index (Phi) is 5.12. The zero-order chi connectivity index (χ0) is 19.7. The minimum absolute atomic E-state index is 0.183. The van der Waals surface area contributed by atoms with Crippen molar-refractivity contribution in [3.8, 4) is 0 Å². The number of likely N-dealkylation sites (tertiary alicyclic amines) is 1. The van der Waals surface area contributed by atoms with Crippen LogP contribution in [0.3, 0.4) is 0 Å². The molecule has 0 radical (unpaired) electrons. The van der Waals surface area contributed by atoms with E-state index in [2.05, 4.69) is 9.97 Å². The van der Waals surface area contributed by atoms with E-state index in [0.29, 0.717) is 23.8 Å². The van der Waals surface area contributed by atoms with Crippen molar-refractivity contribution >= 4 is 17.8 Å². The first kappa shape index (κ1) is 18.8. The second kappa shape index (κ2) is 7.34. The second-order valence-corrected chi connectivity index (χ2v) is 7.18. The number of amides is 1. The number of aryl methyl sites for hydroxylation is 2. The maximum absolute atomic E-state index is 13.0. The van der Waals surface area contributed by atoms with E-state index in [-0.39, 0.29) is 18.4 Å². The number of carbonyl (C=O) groups excluding carboxylic acids is 1. The Hall–Kier alpha value is -2.96. The zero-order valence-corrected chi connectivity index (χ0v) is 16.0. The maximum Gasteiger partial charge on any atom is 0.308 e. The van der Waals surface area contributed by atoms with Crippen molar-refractivity contribution in [2.75, 3.05) is 32.1 Å². The molecule has 2 atom stereocenters. The molecule has 1 fully saturated rings. The molecule has 0 bridgehead atoms. The highest BCUT2D eigenvalue weighted by Crippen LogP contribution is 2.35. The Bertz CT molecular complexity index is 881. The molecule has 3 rings (SSSR count). The average Bonchev–Trinajstić information content (AvgIpc) is 3.07. The van der Waals surface area contributed by atoms with Gasteiger partial charge in [-0.25, -0.2) is 9.97 Å². The number of rotatable bonds is 4. The summed E-state index contributed by atoms with van der Waals surface area (Å²) in [6.45, 7) is 4.29. The first-order valence-corrected chi connectivity index (χ1v) is 8.88. The lowest BCUT2D eigenvalue weighted by Gasteiger charge is -2.19. The summed E-state index contributed by atoms with van der Waals surface area (Å²) in [7, 11) is 3.67. The monoisotopic (exact) mass is 368 g/mol. The highest BCUT2D eigenvalue weighted by atomic mass is 16.4. The summed E-state index contributed by atoms with van der Waals surface area (Å²) >= 11 is 0. The second-order valence-electron chi connectivity index (χ2n) is 7.18. The lowest BCUT2D eigenvalue weighted by molar-refractivity contribution is -0.141. The van der Waals surface area contributed by atoms with E-state index < -0.39 is 11.9 Å². The van der Waals surface area contributed by atoms with Gasteiger partial charge in [0.2, 0.25) is 5.95 Å². The molecule has 2 heterocycles. The lowest BCUT2D eigenvalue weighted by atomic mass is 9.86. The molecule has 2 aromatic rings. The maximum atomic E-state index is 13.0. The summed E-state index contributed by atoms with van der Waals surface area (Å²) in [5, 5.41) is 9.69. The molecule has 7 nitrogen and oxygen atoms in total. The van der Waals surface area contributed by atoms with Crippen LogP contribution in [0.2, 0.25) is 0 Å². The number of benzene rings is 1. The van der Waals surface area contributed by atoms with Crippen molar-refractivity contribution < 1.29 is 14.7 Å². The molecule has 0 spiro atoms. The summed E-state index contributed by atoms with van der Waals surface area (Å²) in [5.41, 5.74) is 3.02. The van der Waals surface area contributed by atoms with E-state index in [9.17, 15) is 14.7 Å². The van der Waals surface area contributed by atoms with Gasteiger partial charge in [0.25, 0.3) is 5.91 Å². The molecule has 1 aromatic carbocycles. The van der Waals surface area contributed by atoms with E-state index in [1.807, 2.05) is 45.3 Å². The summed E-state index contributed by atoms with van der Waals surface area (Å²) in [4.78, 5) is 36.8. The summed E-state index contributed by atoms with van der Waals surface area (Å²) in [5.74, 6) is -1.42. The molecule has 1 saturated heterocycles. The van der Waals surface area contributed by atoms with Crippen LogP contribution in [-0.2, 0) is 4.79 Å². The Morgan fingerprint density at radius 3 is 2.48 bits per heavy atom. The van der Waals surface area contributed by atoms with Crippen LogP contribution < -0.4 is 4.90 Å². The van der Waals surface area contributed by atoms with Crippen molar-refractivity contribution in [3.05, 3.63) is 52.8 Å². The third-order valence-corrected chi connectivity index (χ3v) is 5.11. The molecule has 1 amide bonds. The number of carboxylic acids is 1. The van der Waals surface area contributed by atoms with Crippen molar-refractivity contribution in [1.29, 1.82) is 0 Å². The quantitative estimate of drug-likeness (QED) is 0.889. The Balaban J connectivity index is 1.89. The van der Waals surface area contributed by atoms with Gasteiger partial charge in [-0.1, -0.05) is 24.3 Å². The Labute approximate surface area is 158 Å². The third-order valence-electron chi connectivity index (χ3n) is 5.11. The molecular formula is C20H24N4O3. The van der Waals surface area contributed by atoms with Gasteiger partial charge in [0, 0.05) is 39.3 Å². The molecule has 1 aliphatic rings. The van der Waals surface area contributed by atoms with Crippen LogP contribution in [0.25, 0.3) is 0 Å². The number of nitrogens with zero attached hydrogens (tertiary/aromatic N) is 4. The molecule has 7 heteroatoms. The molecule has 1 aromatic heterocycles. The van der Waals surface area contributed by atoms with E-state index in [1.54, 1.807) is 16.7 Å². The fourth-order valence-electron chi connectivity index (χ4n) is 3.59. The van der Waals surface area contributed by atoms with Gasteiger partial charge >= 0.3 is 5.97 Å². The van der Waals surface area contributed by atoms with Gasteiger partial charge in [0.15, 0.2) is 0 Å². The average molecular weight is 368 g/mol. The van der Waals surface area contributed by atoms with Gasteiger partial charge in [0.05, 0.1) is 17.2 Å². The number of hydrogen-bond donors (Lipinski definition) is 1. The van der Waals surface area contributed by atoms with E-state index in [0.717, 1.165) is 11.1 Å². The molecule has 27 heavy (non-hydrogen) atoms. The lowest BCUT2D eigenvalue weighted by Crippen LogP contribution is -2.31. The predicted molar refractivity (Wildman–Crippen MR) is 102 cm³/mol. The fourth-order valence-corrected chi connectivity index (χ4v) is 3.59. The van der Waals surface area contributed by atoms with Crippen molar-refractivity contribution in [2.24, 2.45) is 5.92 Å². The fraction of sp³-hybridized carbons (Fsp3) is 0.400. The van der Waals surface area contributed by atoms with Crippen molar-refractivity contribution in [3.63, 3.8) is 0 Å². The third kappa shape index (κ3) is 3.63. The number of carboxylic acid groups (broad SMARTS) is 1. The first-order chi connectivity index (χ1) is 12.8. The largest absolute Gasteiger partial charge is 0.481 e. The number of carbonyl (C=O) groups is 2. The SMILES string of the molecule is Cc1ccccc1[C@@H]1CN(C(=O)c2cnc(N(C)C)nc2C)C[C@H]1C(=O)O. The summed E-state index contributed by atoms with van der Waals surface area (Å²) in [6.07, 6.45) is 1.52. The standard InChI is InChI=1S/C20H24N4O3/c1-12-7-5-6-8-14(12)16-10-24(11-17(16)19(26)27)18(25)15-9-21-20(23(3)4)22-13(15)2/h5-9,16-17H,10-11H2,1-4H3,(H,26,27)/t16-,17+/m0/s1. The smallest absolute Gasteiger partial charge is 0.308 e. The van der Waals surface area contributed by atoms with Crippen LogP contribution in [0, 0.1) is 19.8 Å². The van der Waals surface area contributed by atoms with Gasteiger partial charge < -0.3 is 14.9 Å². The molecular weight excluding hydrogens is 344 g/mol. The van der Waals surface area contributed by atoms with Crippen LogP contribution in [0.1, 0.15) is 33.1 Å². The van der Waals surface area contributed by atoms with Crippen LogP contribution in [-0.4, -0.2) is 59.0 Å². The topological polar surface area (TPSA) is 86.6 Å². The highest BCUT2D eigenvalue weighted by Gasteiger charge is 2.41. The minimum atomic E-state index is -0.880.